The van der Waals surface area contributed by atoms with Crippen molar-refractivity contribution in [2.24, 2.45) is 0 Å². The molecule has 1 saturated heterocycles. The largest absolute Gasteiger partial charge is 0.371 e. The molecule has 2 atom stereocenters. The molecule has 0 N–H and O–H groups in total. The SMILES string of the molecule is CC[C@H](C)c1csc([C@@H]2CCCO2)n1. The summed E-state index contributed by atoms with van der Waals surface area (Å²) in [6.07, 6.45) is 3.78. The van der Waals surface area contributed by atoms with Gasteiger partial charge in [0, 0.05) is 12.0 Å². The maximum atomic E-state index is 5.61. The van der Waals surface area contributed by atoms with E-state index in [1.54, 1.807) is 11.3 Å². The summed E-state index contributed by atoms with van der Waals surface area (Å²) < 4.78 is 5.61. The number of hydrogen-bond donors (Lipinski definition) is 0. The number of rotatable bonds is 3. The van der Waals surface area contributed by atoms with E-state index in [0.29, 0.717) is 5.92 Å². The van der Waals surface area contributed by atoms with Crippen LogP contribution in [0.4, 0.5) is 0 Å². The van der Waals surface area contributed by atoms with Gasteiger partial charge < -0.3 is 4.74 Å². The molecular formula is C11H17NOS. The molecule has 2 nitrogen and oxygen atoms in total. The van der Waals surface area contributed by atoms with Crippen LogP contribution in [0.5, 0.6) is 0 Å². The molecule has 78 valence electrons. The van der Waals surface area contributed by atoms with E-state index in [-0.39, 0.29) is 6.10 Å². The Morgan fingerprint density at radius 1 is 1.71 bits per heavy atom. The third kappa shape index (κ3) is 1.98. The predicted octanol–water partition coefficient (Wildman–Crippen LogP) is 3.51. The smallest absolute Gasteiger partial charge is 0.122 e. The Kier molecular flexibility index (Phi) is 3.19. The molecule has 1 fully saturated rings. The first-order valence-electron chi connectivity index (χ1n) is 5.38. The first-order valence-corrected chi connectivity index (χ1v) is 6.26. The highest BCUT2D eigenvalue weighted by Crippen LogP contribution is 2.32. The molecule has 1 aromatic heterocycles. The number of aromatic nitrogens is 1. The Labute approximate surface area is 89.3 Å². The van der Waals surface area contributed by atoms with Crippen molar-refractivity contribution in [1.82, 2.24) is 4.98 Å². The summed E-state index contributed by atoms with van der Waals surface area (Å²) in [4.78, 5) is 4.66. The first-order chi connectivity index (χ1) is 6.81. The van der Waals surface area contributed by atoms with Crippen LogP contribution >= 0.6 is 11.3 Å². The summed E-state index contributed by atoms with van der Waals surface area (Å²) in [6.45, 7) is 5.34. The number of ether oxygens (including phenoxy) is 1. The fourth-order valence-electron chi connectivity index (χ4n) is 1.66. The van der Waals surface area contributed by atoms with Crippen molar-refractivity contribution in [3.8, 4) is 0 Å². The summed E-state index contributed by atoms with van der Waals surface area (Å²) in [7, 11) is 0. The van der Waals surface area contributed by atoms with Crippen molar-refractivity contribution >= 4 is 11.3 Å². The second kappa shape index (κ2) is 4.41. The van der Waals surface area contributed by atoms with Crippen molar-refractivity contribution in [1.29, 1.82) is 0 Å². The maximum absolute atomic E-state index is 5.61. The molecule has 0 spiro atoms. The minimum atomic E-state index is 0.290. The lowest BCUT2D eigenvalue weighted by atomic mass is 10.1. The molecule has 0 amide bonds. The molecule has 0 aliphatic carbocycles. The summed E-state index contributed by atoms with van der Waals surface area (Å²) >= 11 is 1.75. The van der Waals surface area contributed by atoms with Crippen LogP contribution in [-0.4, -0.2) is 11.6 Å². The van der Waals surface area contributed by atoms with Crippen LogP contribution in [0, 0.1) is 0 Å². The Hall–Kier alpha value is -0.410. The van der Waals surface area contributed by atoms with Crippen LogP contribution in [0.2, 0.25) is 0 Å². The summed E-state index contributed by atoms with van der Waals surface area (Å²) in [5.41, 5.74) is 1.24. The molecule has 0 radical (unpaired) electrons. The number of nitrogens with zero attached hydrogens (tertiary/aromatic N) is 1. The van der Waals surface area contributed by atoms with Gasteiger partial charge >= 0.3 is 0 Å². The lowest BCUT2D eigenvalue weighted by molar-refractivity contribution is 0.111. The van der Waals surface area contributed by atoms with E-state index >= 15 is 0 Å². The van der Waals surface area contributed by atoms with Crippen LogP contribution in [0.3, 0.4) is 0 Å². The third-order valence-corrected chi connectivity index (χ3v) is 3.82. The van der Waals surface area contributed by atoms with Gasteiger partial charge in [0.05, 0.1) is 5.69 Å². The van der Waals surface area contributed by atoms with Crippen molar-refractivity contribution < 1.29 is 4.74 Å². The minimum Gasteiger partial charge on any atom is -0.371 e. The van der Waals surface area contributed by atoms with E-state index in [2.05, 4.69) is 24.2 Å². The normalized spacial score (nSPS) is 24.0. The Balaban J connectivity index is 2.08. The van der Waals surface area contributed by atoms with Crippen LogP contribution in [0.1, 0.15) is 55.8 Å². The Morgan fingerprint density at radius 3 is 3.21 bits per heavy atom. The summed E-state index contributed by atoms with van der Waals surface area (Å²) in [6, 6.07) is 0. The van der Waals surface area contributed by atoms with Gasteiger partial charge in [-0.3, -0.25) is 0 Å². The zero-order valence-corrected chi connectivity index (χ0v) is 9.64. The zero-order valence-electron chi connectivity index (χ0n) is 8.82. The van der Waals surface area contributed by atoms with Crippen molar-refractivity contribution in [2.75, 3.05) is 6.61 Å². The van der Waals surface area contributed by atoms with E-state index < -0.39 is 0 Å². The van der Waals surface area contributed by atoms with E-state index in [0.717, 1.165) is 19.4 Å². The fraction of sp³-hybridized carbons (Fsp3) is 0.727. The van der Waals surface area contributed by atoms with Crippen LogP contribution in [0.15, 0.2) is 5.38 Å². The molecule has 1 aromatic rings. The number of thiazole rings is 1. The fourth-order valence-corrected chi connectivity index (χ4v) is 2.68. The summed E-state index contributed by atoms with van der Waals surface area (Å²) in [5, 5.41) is 3.36. The lowest BCUT2D eigenvalue weighted by Gasteiger charge is -2.05. The zero-order chi connectivity index (χ0) is 9.97. The predicted molar refractivity (Wildman–Crippen MR) is 58.7 cm³/mol. The van der Waals surface area contributed by atoms with E-state index in [1.165, 1.54) is 17.1 Å². The van der Waals surface area contributed by atoms with Gasteiger partial charge in [0.2, 0.25) is 0 Å². The molecule has 2 heterocycles. The quantitative estimate of drug-likeness (QED) is 0.763. The van der Waals surface area contributed by atoms with Crippen molar-refractivity contribution in [2.45, 2.75) is 45.1 Å². The molecule has 0 aromatic carbocycles. The highest BCUT2D eigenvalue weighted by Gasteiger charge is 2.21. The van der Waals surface area contributed by atoms with Crippen LogP contribution in [-0.2, 0) is 4.74 Å². The second-order valence-corrected chi connectivity index (χ2v) is 4.81. The second-order valence-electron chi connectivity index (χ2n) is 3.92. The molecule has 1 aliphatic rings. The molecule has 0 unspecified atom stereocenters. The molecule has 1 aliphatic heterocycles. The topological polar surface area (TPSA) is 22.1 Å². The van der Waals surface area contributed by atoms with Gasteiger partial charge in [-0.15, -0.1) is 11.3 Å². The van der Waals surface area contributed by atoms with Crippen LogP contribution < -0.4 is 0 Å². The van der Waals surface area contributed by atoms with Gasteiger partial charge in [-0.2, -0.15) is 0 Å². The van der Waals surface area contributed by atoms with Gasteiger partial charge in [-0.1, -0.05) is 13.8 Å². The molecule has 0 saturated carbocycles. The average Bonchev–Trinajstić information content (AvgIpc) is 2.86. The maximum Gasteiger partial charge on any atom is 0.122 e. The first kappa shape index (κ1) is 10.1. The lowest BCUT2D eigenvalue weighted by Crippen LogP contribution is -1.97. The van der Waals surface area contributed by atoms with E-state index in [9.17, 15) is 0 Å². The molecule has 0 bridgehead atoms. The van der Waals surface area contributed by atoms with Crippen molar-refractivity contribution in [3.63, 3.8) is 0 Å². The monoisotopic (exact) mass is 211 g/mol. The molecule has 3 heteroatoms. The molecule has 2 rings (SSSR count). The highest BCUT2D eigenvalue weighted by atomic mass is 32.1. The van der Waals surface area contributed by atoms with E-state index in [4.69, 9.17) is 4.74 Å². The average molecular weight is 211 g/mol. The molecule has 14 heavy (non-hydrogen) atoms. The third-order valence-electron chi connectivity index (χ3n) is 2.86. The van der Waals surface area contributed by atoms with Crippen molar-refractivity contribution in [3.05, 3.63) is 16.1 Å². The Morgan fingerprint density at radius 2 is 2.57 bits per heavy atom. The molecular weight excluding hydrogens is 194 g/mol. The standard InChI is InChI=1S/C11H17NOS/c1-3-8(2)9-7-14-11(12-9)10-5-4-6-13-10/h7-8,10H,3-6H2,1-2H3/t8-,10-/m0/s1. The minimum absolute atomic E-state index is 0.290. The van der Waals surface area contributed by atoms with Crippen LogP contribution in [0.25, 0.3) is 0 Å². The number of hydrogen-bond acceptors (Lipinski definition) is 3. The van der Waals surface area contributed by atoms with Gasteiger partial charge in [-0.05, 0) is 25.2 Å². The van der Waals surface area contributed by atoms with Gasteiger partial charge in [0.1, 0.15) is 11.1 Å². The van der Waals surface area contributed by atoms with E-state index in [1.807, 2.05) is 0 Å². The summed E-state index contributed by atoms with van der Waals surface area (Å²) in [5.74, 6) is 0.585. The highest BCUT2D eigenvalue weighted by molar-refractivity contribution is 7.09. The van der Waals surface area contributed by atoms with Gasteiger partial charge in [0.25, 0.3) is 0 Å². The van der Waals surface area contributed by atoms with Gasteiger partial charge in [0.15, 0.2) is 0 Å². The van der Waals surface area contributed by atoms with Gasteiger partial charge in [-0.25, -0.2) is 4.98 Å². The Bertz CT molecular complexity index is 291.